The Labute approximate surface area is 110 Å². The molecule has 1 aromatic carbocycles. The second-order valence-corrected chi connectivity index (χ2v) is 5.93. The van der Waals surface area contributed by atoms with E-state index < -0.39 is 10.8 Å². The Morgan fingerprint density at radius 3 is 2.82 bits per heavy atom. The third-order valence-corrected chi connectivity index (χ3v) is 4.57. The number of hydrogen-bond acceptors (Lipinski definition) is 3. The maximum atomic E-state index is 12.1. The number of nitrogen functional groups attached to an aromatic ring is 1. The van der Waals surface area contributed by atoms with Crippen molar-refractivity contribution in [3.63, 3.8) is 0 Å². The van der Waals surface area contributed by atoms with Crippen LogP contribution in [0, 0.1) is 0 Å². The van der Waals surface area contributed by atoms with Gasteiger partial charge in [-0.15, -0.1) is 0 Å². The Kier molecular flexibility index (Phi) is 3.63. The Morgan fingerprint density at radius 1 is 1.47 bits per heavy atom. The van der Waals surface area contributed by atoms with E-state index in [-0.39, 0.29) is 0 Å². The zero-order valence-corrected chi connectivity index (χ0v) is 11.7. The fraction of sp³-hybridized carbons (Fsp3) is 0.182. The first-order valence-corrected chi connectivity index (χ1v) is 7.09. The van der Waals surface area contributed by atoms with E-state index in [4.69, 9.17) is 5.73 Å². The Balaban J connectivity index is 2.20. The molecule has 1 unspecified atom stereocenters. The lowest BCUT2D eigenvalue weighted by molar-refractivity contribution is 0.680. The number of halogens is 1. The molecule has 0 aliphatic heterocycles. The highest BCUT2D eigenvalue weighted by Crippen LogP contribution is 2.24. The molecular formula is C11H12BrN3OS. The number of rotatable bonds is 3. The van der Waals surface area contributed by atoms with Crippen LogP contribution in [0.1, 0.15) is 5.69 Å². The zero-order chi connectivity index (χ0) is 12.4. The van der Waals surface area contributed by atoms with E-state index >= 15 is 0 Å². The van der Waals surface area contributed by atoms with Gasteiger partial charge in [0.2, 0.25) is 0 Å². The lowest BCUT2D eigenvalue weighted by atomic mass is 10.3. The molecule has 2 aromatic rings. The number of benzene rings is 1. The summed E-state index contributed by atoms with van der Waals surface area (Å²) in [6.45, 7) is 0. The number of hydrogen-bond donors (Lipinski definition) is 1. The van der Waals surface area contributed by atoms with Gasteiger partial charge in [0.25, 0.3) is 0 Å². The van der Waals surface area contributed by atoms with Gasteiger partial charge in [0.1, 0.15) is 0 Å². The molecule has 2 rings (SSSR count). The normalized spacial score (nSPS) is 12.6. The van der Waals surface area contributed by atoms with Crippen molar-refractivity contribution in [1.29, 1.82) is 0 Å². The van der Waals surface area contributed by atoms with Gasteiger partial charge in [-0.3, -0.25) is 8.89 Å². The van der Waals surface area contributed by atoms with Crippen LogP contribution in [-0.4, -0.2) is 14.0 Å². The third-order valence-electron chi connectivity index (χ3n) is 2.25. The molecule has 0 aliphatic rings. The van der Waals surface area contributed by atoms with Crippen molar-refractivity contribution >= 4 is 32.4 Å². The van der Waals surface area contributed by atoms with Gasteiger partial charge < -0.3 is 5.73 Å². The number of nitrogens with two attached hydrogens (primary N) is 1. The van der Waals surface area contributed by atoms with Crippen molar-refractivity contribution in [3.05, 3.63) is 40.6 Å². The van der Waals surface area contributed by atoms with Crippen molar-refractivity contribution in [3.8, 4) is 0 Å². The first-order valence-electron chi connectivity index (χ1n) is 4.98. The molecule has 2 N–H and O–H groups in total. The highest BCUT2D eigenvalue weighted by Gasteiger charge is 2.10. The highest BCUT2D eigenvalue weighted by atomic mass is 79.9. The molecule has 90 valence electrons. The molecule has 0 bridgehead atoms. The fourth-order valence-electron chi connectivity index (χ4n) is 1.45. The van der Waals surface area contributed by atoms with Crippen LogP contribution < -0.4 is 5.73 Å². The first-order chi connectivity index (χ1) is 8.06. The predicted molar refractivity (Wildman–Crippen MR) is 71.9 cm³/mol. The van der Waals surface area contributed by atoms with Gasteiger partial charge in [-0.1, -0.05) is 0 Å². The van der Waals surface area contributed by atoms with Gasteiger partial charge in [-0.25, -0.2) is 0 Å². The number of aryl methyl sites for hydroxylation is 1. The van der Waals surface area contributed by atoms with Crippen molar-refractivity contribution in [1.82, 2.24) is 9.78 Å². The molecule has 4 nitrogen and oxygen atoms in total. The van der Waals surface area contributed by atoms with Gasteiger partial charge in [-0.05, 0) is 40.2 Å². The van der Waals surface area contributed by atoms with E-state index in [0.29, 0.717) is 11.4 Å². The predicted octanol–water partition coefficient (Wildman–Crippen LogP) is 2.07. The monoisotopic (exact) mass is 313 g/mol. The summed E-state index contributed by atoms with van der Waals surface area (Å²) in [6, 6.07) is 7.14. The van der Waals surface area contributed by atoms with E-state index in [0.717, 1.165) is 15.1 Å². The van der Waals surface area contributed by atoms with Crippen LogP contribution in [0.3, 0.4) is 0 Å². The summed E-state index contributed by atoms with van der Waals surface area (Å²) in [7, 11) is 0.720. The summed E-state index contributed by atoms with van der Waals surface area (Å²) < 4.78 is 14.6. The van der Waals surface area contributed by atoms with E-state index in [9.17, 15) is 4.21 Å². The first kappa shape index (κ1) is 12.3. The molecule has 0 aliphatic carbocycles. The zero-order valence-electron chi connectivity index (χ0n) is 9.26. The molecular weight excluding hydrogens is 302 g/mol. The largest absolute Gasteiger partial charge is 0.399 e. The SMILES string of the molecule is Cn1ccc(CS(=O)c2ccc(N)cc2Br)n1. The summed E-state index contributed by atoms with van der Waals surface area (Å²) in [5, 5.41) is 4.21. The average Bonchev–Trinajstić information content (AvgIpc) is 2.63. The molecule has 0 radical (unpaired) electrons. The molecule has 0 spiro atoms. The van der Waals surface area contributed by atoms with Crippen molar-refractivity contribution in [2.45, 2.75) is 10.6 Å². The minimum absolute atomic E-state index is 0.406. The number of anilines is 1. The minimum atomic E-state index is -1.12. The summed E-state index contributed by atoms with van der Waals surface area (Å²) >= 11 is 3.37. The van der Waals surface area contributed by atoms with Crippen LogP contribution >= 0.6 is 15.9 Å². The standard InChI is InChI=1S/C11H12BrN3OS/c1-15-5-4-9(14-15)7-17(16)11-3-2-8(13)6-10(11)12/h2-6H,7,13H2,1H3. The molecule has 1 atom stereocenters. The molecule has 1 aromatic heterocycles. The smallest absolute Gasteiger partial charge is 0.0753 e. The van der Waals surface area contributed by atoms with Gasteiger partial charge >= 0.3 is 0 Å². The Hall–Kier alpha value is -1.14. The fourth-order valence-corrected chi connectivity index (χ4v) is 3.47. The molecule has 0 saturated heterocycles. The molecule has 0 saturated carbocycles. The highest BCUT2D eigenvalue weighted by molar-refractivity contribution is 9.10. The molecule has 1 heterocycles. The van der Waals surface area contributed by atoms with Crippen LogP contribution in [0.2, 0.25) is 0 Å². The molecule has 17 heavy (non-hydrogen) atoms. The lowest BCUT2D eigenvalue weighted by Crippen LogP contribution is -2.00. The summed E-state index contributed by atoms with van der Waals surface area (Å²) in [5.41, 5.74) is 7.10. The quantitative estimate of drug-likeness (QED) is 0.882. The average molecular weight is 314 g/mol. The van der Waals surface area contributed by atoms with Gasteiger partial charge in [-0.2, -0.15) is 5.10 Å². The van der Waals surface area contributed by atoms with E-state index in [2.05, 4.69) is 21.0 Å². The summed E-state index contributed by atoms with van der Waals surface area (Å²) in [5.74, 6) is 0.406. The maximum absolute atomic E-state index is 12.1. The second kappa shape index (κ2) is 5.01. The van der Waals surface area contributed by atoms with Crippen LogP contribution in [0.4, 0.5) is 5.69 Å². The van der Waals surface area contributed by atoms with Crippen LogP contribution in [0.15, 0.2) is 39.8 Å². The van der Waals surface area contributed by atoms with Crippen LogP contribution in [-0.2, 0) is 23.6 Å². The van der Waals surface area contributed by atoms with Gasteiger partial charge in [0.15, 0.2) is 0 Å². The van der Waals surface area contributed by atoms with Crippen LogP contribution in [0.25, 0.3) is 0 Å². The Morgan fingerprint density at radius 2 is 2.24 bits per heavy atom. The minimum Gasteiger partial charge on any atom is -0.399 e. The Bertz CT molecular complexity index is 568. The number of nitrogens with zero attached hydrogens (tertiary/aromatic N) is 2. The van der Waals surface area contributed by atoms with Crippen molar-refractivity contribution < 1.29 is 4.21 Å². The summed E-state index contributed by atoms with van der Waals surface area (Å²) in [6.07, 6.45) is 1.84. The van der Waals surface area contributed by atoms with Crippen LogP contribution in [0.5, 0.6) is 0 Å². The molecule has 6 heteroatoms. The maximum Gasteiger partial charge on any atom is 0.0753 e. The topological polar surface area (TPSA) is 60.9 Å². The lowest BCUT2D eigenvalue weighted by Gasteiger charge is -2.04. The summed E-state index contributed by atoms with van der Waals surface area (Å²) in [4.78, 5) is 0.741. The molecule has 0 amide bonds. The van der Waals surface area contributed by atoms with Gasteiger partial charge in [0.05, 0.1) is 27.1 Å². The van der Waals surface area contributed by atoms with Gasteiger partial charge in [0, 0.05) is 23.4 Å². The van der Waals surface area contributed by atoms with E-state index in [1.165, 1.54) is 0 Å². The number of aromatic nitrogens is 2. The van der Waals surface area contributed by atoms with E-state index in [1.54, 1.807) is 22.9 Å². The third kappa shape index (κ3) is 2.95. The molecule has 0 fully saturated rings. The van der Waals surface area contributed by atoms with Crippen molar-refractivity contribution in [2.75, 3.05) is 5.73 Å². The van der Waals surface area contributed by atoms with E-state index in [1.807, 2.05) is 19.3 Å². The second-order valence-electron chi connectivity index (χ2n) is 3.66. The van der Waals surface area contributed by atoms with Crippen molar-refractivity contribution in [2.24, 2.45) is 7.05 Å².